The first-order valence-electron chi connectivity index (χ1n) is 7.09. The summed E-state index contributed by atoms with van der Waals surface area (Å²) in [5.74, 6) is 0.311. The molecule has 0 saturated heterocycles. The zero-order chi connectivity index (χ0) is 15.4. The van der Waals surface area contributed by atoms with Gasteiger partial charge in [0.2, 0.25) is 0 Å². The lowest BCUT2D eigenvalue weighted by Gasteiger charge is -2.21. The highest BCUT2D eigenvalue weighted by atomic mass is 32.1. The molecule has 0 radical (unpaired) electrons. The lowest BCUT2D eigenvalue weighted by molar-refractivity contribution is 0.387. The third-order valence-corrected chi connectivity index (χ3v) is 4.78. The van der Waals surface area contributed by atoms with Crippen LogP contribution in [0.15, 0.2) is 24.4 Å². The van der Waals surface area contributed by atoms with Gasteiger partial charge < -0.3 is 10.1 Å². The van der Waals surface area contributed by atoms with Crippen LogP contribution in [0.25, 0.3) is 0 Å². The molecule has 0 fully saturated rings. The highest BCUT2D eigenvalue weighted by Crippen LogP contribution is 2.30. The van der Waals surface area contributed by atoms with Crippen LogP contribution in [0, 0.1) is 5.82 Å². The van der Waals surface area contributed by atoms with Crippen LogP contribution in [0.2, 0.25) is 0 Å². The summed E-state index contributed by atoms with van der Waals surface area (Å²) in [6.07, 6.45) is 2.90. The summed E-state index contributed by atoms with van der Waals surface area (Å²) in [4.78, 5) is 5.69. The Morgan fingerprint density at radius 2 is 2.10 bits per heavy atom. The van der Waals surface area contributed by atoms with Crippen LogP contribution in [0.3, 0.4) is 0 Å². The van der Waals surface area contributed by atoms with Crippen molar-refractivity contribution in [3.63, 3.8) is 0 Å². The number of nitrogens with zero attached hydrogens (tertiary/aromatic N) is 1. The number of hydrogen-bond acceptors (Lipinski definition) is 4. The monoisotopic (exact) mass is 308 g/mol. The Kier molecular flexibility index (Phi) is 5.31. The molecule has 1 aromatic heterocycles. The van der Waals surface area contributed by atoms with Crippen molar-refractivity contribution in [3.05, 3.63) is 45.7 Å². The zero-order valence-electron chi connectivity index (χ0n) is 12.8. The minimum Gasteiger partial charge on any atom is -0.496 e. The Balaban J connectivity index is 2.15. The number of rotatable bonds is 6. The summed E-state index contributed by atoms with van der Waals surface area (Å²) in [6, 6.07) is 4.79. The average Bonchev–Trinajstić information content (AvgIpc) is 2.95. The normalized spacial score (nSPS) is 14.0. The SMILES string of the molecule is CCc1cnc(C(C)NC(C)c2c(F)cccc2OC)s1. The van der Waals surface area contributed by atoms with Gasteiger partial charge in [-0.3, -0.25) is 0 Å². The molecule has 0 bridgehead atoms. The molecule has 0 spiro atoms. The van der Waals surface area contributed by atoms with Gasteiger partial charge in [-0.25, -0.2) is 9.37 Å². The maximum absolute atomic E-state index is 14.1. The van der Waals surface area contributed by atoms with E-state index in [1.807, 2.05) is 20.0 Å². The first-order valence-corrected chi connectivity index (χ1v) is 7.91. The van der Waals surface area contributed by atoms with Gasteiger partial charge in [-0.2, -0.15) is 0 Å². The Labute approximate surface area is 129 Å². The van der Waals surface area contributed by atoms with E-state index < -0.39 is 0 Å². The molecule has 21 heavy (non-hydrogen) atoms. The van der Waals surface area contributed by atoms with Gasteiger partial charge >= 0.3 is 0 Å². The third kappa shape index (κ3) is 3.60. The predicted molar refractivity (Wildman–Crippen MR) is 84.4 cm³/mol. The Hall–Kier alpha value is -1.46. The molecule has 1 N–H and O–H groups in total. The van der Waals surface area contributed by atoms with Crippen LogP contribution < -0.4 is 10.1 Å². The summed E-state index contributed by atoms with van der Waals surface area (Å²) in [5, 5.41) is 4.42. The van der Waals surface area contributed by atoms with Crippen molar-refractivity contribution in [3.8, 4) is 5.75 Å². The molecule has 1 aromatic carbocycles. The van der Waals surface area contributed by atoms with Crippen molar-refractivity contribution in [2.75, 3.05) is 7.11 Å². The highest BCUT2D eigenvalue weighted by Gasteiger charge is 2.20. The van der Waals surface area contributed by atoms with Crippen molar-refractivity contribution in [1.82, 2.24) is 10.3 Å². The van der Waals surface area contributed by atoms with E-state index in [0.29, 0.717) is 11.3 Å². The second kappa shape index (κ2) is 7.00. The van der Waals surface area contributed by atoms with E-state index in [4.69, 9.17) is 4.74 Å². The molecule has 0 aliphatic rings. The van der Waals surface area contributed by atoms with Crippen molar-refractivity contribution in [1.29, 1.82) is 0 Å². The minimum atomic E-state index is -0.255. The molecular weight excluding hydrogens is 287 g/mol. The lowest BCUT2D eigenvalue weighted by Crippen LogP contribution is -2.23. The fraction of sp³-hybridized carbons (Fsp3) is 0.438. The molecule has 0 aliphatic heterocycles. The fourth-order valence-electron chi connectivity index (χ4n) is 2.33. The van der Waals surface area contributed by atoms with Crippen LogP contribution in [0.1, 0.15) is 48.3 Å². The number of hydrogen-bond donors (Lipinski definition) is 1. The third-order valence-electron chi connectivity index (χ3n) is 3.46. The maximum Gasteiger partial charge on any atom is 0.131 e. The molecule has 2 atom stereocenters. The quantitative estimate of drug-likeness (QED) is 0.865. The van der Waals surface area contributed by atoms with E-state index in [2.05, 4.69) is 17.2 Å². The van der Waals surface area contributed by atoms with E-state index >= 15 is 0 Å². The second-order valence-electron chi connectivity index (χ2n) is 4.98. The van der Waals surface area contributed by atoms with Gasteiger partial charge in [-0.1, -0.05) is 13.0 Å². The van der Waals surface area contributed by atoms with E-state index in [1.54, 1.807) is 30.6 Å². The van der Waals surface area contributed by atoms with E-state index in [9.17, 15) is 4.39 Å². The van der Waals surface area contributed by atoms with Crippen molar-refractivity contribution in [2.24, 2.45) is 0 Å². The maximum atomic E-state index is 14.1. The Morgan fingerprint density at radius 1 is 1.33 bits per heavy atom. The number of benzene rings is 1. The summed E-state index contributed by atoms with van der Waals surface area (Å²) < 4.78 is 19.3. The van der Waals surface area contributed by atoms with Crippen molar-refractivity contribution < 1.29 is 9.13 Å². The standard InChI is InChI=1S/C16H21FN2OS/c1-5-12-9-18-16(21-12)11(3)19-10(2)15-13(17)7-6-8-14(15)20-4/h6-11,19H,5H2,1-4H3. The van der Waals surface area contributed by atoms with Crippen LogP contribution in [-0.2, 0) is 6.42 Å². The number of ether oxygens (including phenoxy) is 1. The fourth-order valence-corrected chi connectivity index (χ4v) is 3.20. The molecule has 0 aliphatic carbocycles. The number of thiazole rings is 1. The van der Waals surface area contributed by atoms with Gasteiger partial charge in [-0.05, 0) is 32.4 Å². The molecule has 2 unspecified atom stereocenters. The summed E-state index contributed by atoms with van der Waals surface area (Å²) in [5.41, 5.74) is 0.555. The van der Waals surface area contributed by atoms with E-state index in [1.165, 1.54) is 10.9 Å². The summed E-state index contributed by atoms with van der Waals surface area (Å²) in [7, 11) is 1.56. The number of halogens is 1. The van der Waals surface area contributed by atoms with Gasteiger partial charge in [0.05, 0.1) is 13.2 Å². The highest BCUT2D eigenvalue weighted by molar-refractivity contribution is 7.11. The van der Waals surface area contributed by atoms with E-state index in [-0.39, 0.29) is 17.9 Å². The van der Waals surface area contributed by atoms with Crippen molar-refractivity contribution >= 4 is 11.3 Å². The van der Waals surface area contributed by atoms with Gasteiger partial charge in [0.15, 0.2) is 0 Å². The summed E-state index contributed by atoms with van der Waals surface area (Å²) >= 11 is 1.69. The number of aromatic nitrogens is 1. The number of methoxy groups -OCH3 is 1. The molecular formula is C16H21FN2OS. The lowest BCUT2D eigenvalue weighted by atomic mass is 10.1. The minimum absolute atomic E-state index is 0.0645. The van der Waals surface area contributed by atoms with Crippen LogP contribution in [0.4, 0.5) is 4.39 Å². The van der Waals surface area contributed by atoms with Gasteiger partial charge in [0.25, 0.3) is 0 Å². The predicted octanol–water partition coefficient (Wildman–Crippen LogP) is 4.27. The Bertz CT molecular complexity index is 600. The Morgan fingerprint density at radius 3 is 2.71 bits per heavy atom. The molecule has 0 amide bonds. The first kappa shape index (κ1) is 15.9. The zero-order valence-corrected chi connectivity index (χ0v) is 13.6. The molecule has 0 saturated carbocycles. The van der Waals surface area contributed by atoms with Gasteiger partial charge in [0.1, 0.15) is 16.6 Å². The molecule has 2 rings (SSSR count). The number of nitrogens with one attached hydrogen (secondary N) is 1. The van der Waals surface area contributed by atoms with Gasteiger partial charge in [-0.15, -0.1) is 11.3 Å². The van der Waals surface area contributed by atoms with Crippen LogP contribution in [-0.4, -0.2) is 12.1 Å². The molecule has 5 heteroatoms. The van der Waals surface area contributed by atoms with Crippen molar-refractivity contribution in [2.45, 2.75) is 39.3 Å². The van der Waals surface area contributed by atoms with Gasteiger partial charge in [0, 0.05) is 22.7 Å². The first-order chi connectivity index (χ1) is 10.1. The molecule has 2 aromatic rings. The summed E-state index contributed by atoms with van der Waals surface area (Å²) in [6.45, 7) is 6.09. The topological polar surface area (TPSA) is 34.2 Å². The smallest absolute Gasteiger partial charge is 0.131 e. The van der Waals surface area contributed by atoms with Crippen LogP contribution >= 0.6 is 11.3 Å². The molecule has 1 heterocycles. The van der Waals surface area contributed by atoms with Crippen LogP contribution in [0.5, 0.6) is 5.75 Å². The molecule has 3 nitrogen and oxygen atoms in total. The second-order valence-corrected chi connectivity index (χ2v) is 6.13. The average molecular weight is 308 g/mol. The largest absolute Gasteiger partial charge is 0.496 e. The number of aryl methyl sites for hydroxylation is 1. The van der Waals surface area contributed by atoms with E-state index in [0.717, 1.165) is 11.4 Å². The molecule has 114 valence electrons.